The van der Waals surface area contributed by atoms with Gasteiger partial charge in [-0.1, -0.05) is 35.5 Å². The van der Waals surface area contributed by atoms with Crippen molar-refractivity contribution in [2.45, 2.75) is 24.5 Å². The molecule has 0 atom stereocenters. The Morgan fingerprint density at radius 2 is 1.81 bits per heavy atom. The third kappa shape index (κ3) is 6.39. The maximum Gasteiger partial charge on any atom is 0.416 e. The summed E-state index contributed by atoms with van der Waals surface area (Å²) in [4.78, 5) is 24.5. The van der Waals surface area contributed by atoms with Crippen LogP contribution >= 0.6 is 11.8 Å². The lowest BCUT2D eigenvalue weighted by Gasteiger charge is -2.09. The van der Waals surface area contributed by atoms with Gasteiger partial charge in [-0.15, -0.1) is 10.2 Å². The standard InChI is InChI=1S/C24H21F3N6O2S/c1-15-5-7-16(8-6-15)23(35)28-12-11-20-31-30-19-9-10-22(32-33(19)20)36-14-21(34)29-18-4-2-3-17(13-18)24(25,26)27/h2-10,13H,11-12,14H2,1H3,(H,28,35)(H,29,34). The van der Waals surface area contributed by atoms with Crippen molar-refractivity contribution in [3.8, 4) is 0 Å². The average molecular weight is 515 g/mol. The fourth-order valence-corrected chi connectivity index (χ4v) is 3.91. The molecule has 12 heteroatoms. The number of hydrogen-bond acceptors (Lipinski definition) is 6. The minimum atomic E-state index is -4.49. The van der Waals surface area contributed by atoms with E-state index < -0.39 is 17.6 Å². The van der Waals surface area contributed by atoms with E-state index in [1.165, 1.54) is 16.6 Å². The molecule has 0 fully saturated rings. The van der Waals surface area contributed by atoms with Crippen LogP contribution in [0.15, 0.2) is 65.7 Å². The maximum atomic E-state index is 12.9. The van der Waals surface area contributed by atoms with Gasteiger partial charge >= 0.3 is 6.18 Å². The summed E-state index contributed by atoms with van der Waals surface area (Å²) in [6.07, 6.45) is -4.11. The van der Waals surface area contributed by atoms with Gasteiger partial charge < -0.3 is 10.6 Å². The van der Waals surface area contributed by atoms with Crippen LogP contribution in [0.4, 0.5) is 18.9 Å². The quantitative estimate of drug-likeness (QED) is 0.343. The van der Waals surface area contributed by atoms with Gasteiger partial charge in [0.25, 0.3) is 5.91 Å². The molecule has 2 amide bonds. The minimum absolute atomic E-state index is 0.0567. The molecule has 0 saturated heterocycles. The Balaban J connectivity index is 1.33. The molecule has 0 unspecified atom stereocenters. The first-order valence-electron chi connectivity index (χ1n) is 10.9. The number of carbonyl (C=O) groups is 2. The van der Waals surface area contributed by atoms with Gasteiger partial charge in [-0.2, -0.15) is 22.8 Å². The molecule has 2 aromatic carbocycles. The predicted octanol–water partition coefficient (Wildman–Crippen LogP) is 4.15. The smallest absolute Gasteiger partial charge is 0.352 e. The van der Waals surface area contributed by atoms with E-state index in [1.54, 1.807) is 24.3 Å². The topological polar surface area (TPSA) is 101 Å². The van der Waals surface area contributed by atoms with Crippen molar-refractivity contribution >= 4 is 34.9 Å². The van der Waals surface area contributed by atoms with Gasteiger partial charge in [-0.25, -0.2) is 0 Å². The summed E-state index contributed by atoms with van der Waals surface area (Å²) in [6, 6.07) is 15.1. The fourth-order valence-electron chi connectivity index (χ4n) is 3.25. The lowest BCUT2D eigenvalue weighted by Crippen LogP contribution is -2.26. The highest BCUT2D eigenvalue weighted by molar-refractivity contribution is 7.99. The first-order valence-corrected chi connectivity index (χ1v) is 11.8. The van der Waals surface area contributed by atoms with E-state index in [0.717, 1.165) is 29.5 Å². The lowest BCUT2D eigenvalue weighted by molar-refractivity contribution is -0.137. The second-order valence-corrected chi connectivity index (χ2v) is 8.84. The molecule has 8 nitrogen and oxygen atoms in total. The molecule has 4 aromatic rings. The number of aromatic nitrogens is 4. The van der Waals surface area contributed by atoms with Gasteiger partial charge in [0, 0.05) is 24.2 Å². The highest BCUT2D eigenvalue weighted by atomic mass is 32.2. The molecule has 2 N–H and O–H groups in total. The van der Waals surface area contributed by atoms with Crippen LogP contribution < -0.4 is 10.6 Å². The van der Waals surface area contributed by atoms with Crippen molar-refractivity contribution in [3.05, 3.63) is 83.2 Å². The zero-order chi connectivity index (χ0) is 25.7. The summed E-state index contributed by atoms with van der Waals surface area (Å²) in [5, 5.41) is 18.4. The molecule has 0 aliphatic carbocycles. The minimum Gasteiger partial charge on any atom is -0.352 e. The number of nitrogens with one attached hydrogen (secondary N) is 2. The number of thioether (sulfide) groups is 1. The molecular formula is C24H21F3N6O2S. The van der Waals surface area contributed by atoms with E-state index in [0.29, 0.717) is 35.0 Å². The van der Waals surface area contributed by atoms with Crippen molar-refractivity contribution in [3.63, 3.8) is 0 Å². The first kappa shape index (κ1) is 25.2. The summed E-state index contributed by atoms with van der Waals surface area (Å²) in [5.41, 5.74) is 1.36. The molecule has 2 heterocycles. The van der Waals surface area contributed by atoms with Gasteiger partial charge in [0.1, 0.15) is 5.03 Å². The molecule has 0 radical (unpaired) electrons. The third-order valence-electron chi connectivity index (χ3n) is 5.08. The van der Waals surface area contributed by atoms with E-state index in [-0.39, 0.29) is 17.3 Å². The van der Waals surface area contributed by atoms with Crippen LogP contribution in [0.2, 0.25) is 0 Å². The zero-order valence-electron chi connectivity index (χ0n) is 19.0. The Morgan fingerprint density at radius 1 is 1.03 bits per heavy atom. The fraction of sp³-hybridized carbons (Fsp3) is 0.208. The van der Waals surface area contributed by atoms with E-state index in [9.17, 15) is 22.8 Å². The summed E-state index contributed by atoms with van der Waals surface area (Å²) in [7, 11) is 0. The predicted molar refractivity (Wildman–Crippen MR) is 129 cm³/mol. The van der Waals surface area contributed by atoms with Crippen molar-refractivity contribution < 1.29 is 22.8 Å². The summed E-state index contributed by atoms with van der Waals surface area (Å²) < 4.78 is 40.1. The SMILES string of the molecule is Cc1ccc(C(=O)NCCc2nnc3ccc(SCC(=O)Nc4cccc(C(F)(F)F)c4)nn23)cc1. The summed E-state index contributed by atoms with van der Waals surface area (Å²) >= 11 is 1.12. The van der Waals surface area contributed by atoms with E-state index in [2.05, 4.69) is 25.9 Å². The average Bonchev–Trinajstić information content (AvgIpc) is 3.25. The maximum absolute atomic E-state index is 12.9. The Morgan fingerprint density at radius 3 is 2.56 bits per heavy atom. The number of alkyl halides is 3. The molecule has 186 valence electrons. The van der Waals surface area contributed by atoms with Crippen LogP contribution in [0, 0.1) is 6.92 Å². The number of benzene rings is 2. The number of rotatable bonds is 8. The highest BCUT2D eigenvalue weighted by Gasteiger charge is 2.30. The van der Waals surface area contributed by atoms with Crippen LogP contribution in [0.3, 0.4) is 0 Å². The normalized spacial score (nSPS) is 11.4. The molecule has 0 aliphatic heterocycles. The van der Waals surface area contributed by atoms with Crippen LogP contribution in [-0.2, 0) is 17.4 Å². The van der Waals surface area contributed by atoms with E-state index in [4.69, 9.17) is 0 Å². The van der Waals surface area contributed by atoms with Crippen molar-refractivity contribution in [1.82, 2.24) is 25.1 Å². The van der Waals surface area contributed by atoms with E-state index in [1.807, 2.05) is 19.1 Å². The monoisotopic (exact) mass is 514 g/mol. The molecule has 0 spiro atoms. The molecule has 0 bridgehead atoms. The van der Waals surface area contributed by atoms with Gasteiger partial charge in [0.05, 0.1) is 11.3 Å². The number of carbonyl (C=O) groups excluding carboxylic acids is 2. The lowest BCUT2D eigenvalue weighted by atomic mass is 10.1. The number of anilines is 1. The second-order valence-electron chi connectivity index (χ2n) is 7.85. The van der Waals surface area contributed by atoms with Crippen LogP contribution in [0.5, 0.6) is 0 Å². The van der Waals surface area contributed by atoms with Crippen LogP contribution in [0.25, 0.3) is 5.65 Å². The zero-order valence-corrected chi connectivity index (χ0v) is 19.9. The van der Waals surface area contributed by atoms with E-state index >= 15 is 0 Å². The Bertz CT molecular complexity index is 1390. The Hall–Kier alpha value is -3.93. The summed E-state index contributed by atoms with van der Waals surface area (Å²) in [6.45, 7) is 2.27. The first-order chi connectivity index (χ1) is 17.2. The third-order valence-corrected chi connectivity index (χ3v) is 6.00. The molecule has 0 saturated carbocycles. The van der Waals surface area contributed by atoms with Gasteiger partial charge in [-0.3, -0.25) is 9.59 Å². The molecule has 36 heavy (non-hydrogen) atoms. The van der Waals surface area contributed by atoms with Crippen molar-refractivity contribution in [1.29, 1.82) is 0 Å². The van der Waals surface area contributed by atoms with Crippen LogP contribution in [-0.4, -0.2) is 43.9 Å². The molecular weight excluding hydrogens is 493 g/mol. The molecule has 4 rings (SSSR count). The Labute approximate surface area is 208 Å². The molecule has 0 aliphatic rings. The molecule has 2 aromatic heterocycles. The number of amides is 2. The largest absolute Gasteiger partial charge is 0.416 e. The summed E-state index contributed by atoms with van der Waals surface area (Å²) in [5.74, 6) is -0.187. The highest BCUT2D eigenvalue weighted by Crippen LogP contribution is 2.30. The van der Waals surface area contributed by atoms with Crippen molar-refractivity contribution in [2.75, 3.05) is 17.6 Å². The number of fused-ring (bicyclic) bond motifs is 1. The number of halogens is 3. The number of hydrogen-bond donors (Lipinski definition) is 2. The van der Waals surface area contributed by atoms with Gasteiger partial charge in [0.2, 0.25) is 5.91 Å². The van der Waals surface area contributed by atoms with Gasteiger partial charge in [0.15, 0.2) is 11.5 Å². The number of nitrogens with zero attached hydrogens (tertiary/aromatic N) is 4. The Kier molecular flexibility index (Phi) is 7.53. The number of aryl methyl sites for hydroxylation is 1. The van der Waals surface area contributed by atoms with Crippen LogP contribution in [0.1, 0.15) is 27.3 Å². The van der Waals surface area contributed by atoms with Gasteiger partial charge in [-0.05, 0) is 49.4 Å². The second kappa shape index (κ2) is 10.8. The van der Waals surface area contributed by atoms with Crippen molar-refractivity contribution in [2.24, 2.45) is 0 Å².